The van der Waals surface area contributed by atoms with Crippen molar-refractivity contribution in [2.75, 3.05) is 11.9 Å². The zero-order valence-corrected chi connectivity index (χ0v) is 14.3. The predicted molar refractivity (Wildman–Crippen MR) is 96.1 cm³/mol. The monoisotopic (exact) mass is 362 g/mol. The SMILES string of the molecule is NC(=NCCc1cc(C(F)(F)F)ccn1)Nc1cccc2c1CCCC2. The van der Waals surface area contributed by atoms with E-state index in [2.05, 4.69) is 21.4 Å². The molecule has 7 heteroatoms. The summed E-state index contributed by atoms with van der Waals surface area (Å²) in [4.78, 5) is 8.18. The standard InChI is InChI=1S/C19H21F3N4/c20-19(21,22)14-8-10-24-15(12-14)9-11-25-18(23)26-17-7-3-5-13-4-1-2-6-16(13)17/h3,5,7-8,10,12H,1-2,4,6,9,11H2,(H3,23,25,26). The van der Waals surface area contributed by atoms with Crippen LogP contribution in [0.1, 0.15) is 35.2 Å². The number of aliphatic imine (C=N–C) groups is 1. The van der Waals surface area contributed by atoms with Crippen LogP contribution < -0.4 is 11.1 Å². The average Bonchev–Trinajstić information content (AvgIpc) is 2.62. The Morgan fingerprint density at radius 3 is 2.81 bits per heavy atom. The van der Waals surface area contributed by atoms with Gasteiger partial charge >= 0.3 is 6.18 Å². The highest BCUT2D eigenvalue weighted by Crippen LogP contribution is 2.29. The van der Waals surface area contributed by atoms with Crippen molar-refractivity contribution < 1.29 is 13.2 Å². The molecule has 0 unspecified atom stereocenters. The number of rotatable bonds is 4. The normalized spacial score (nSPS) is 14.8. The molecule has 0 fully saturated rings. The zero-order valence-electron chi connectivity index (χ0n) is 14.3. The smallest absolute Gasteiger partial charge is 0.370 e. The number of anilines is 1. The summed E-state index contributed by atoms with van der Waals surface area (Å²) in [6.45, 7) is 0.266. The summed E-state index contributed by atoms with van der Waals surface area (Å²) in [6.07, 6.45) is 1.53. The van der Waals surface area contributed by atoms with Crippen LogP contribution in [0.15, 0.2) is 41.5 Å². The summed E-state index contributed by atoms with van der Waals surface area (Å²) in [5.41, 5.74) is 9.15. The number of pyridine rings is 1. The number of nitrogens with zero attached hydrogens (tertiary/aromatic N) is 2. The van der Waals surface area contributed by atoms with Crippen LogP contribution in [0, 0.1) is 0 Å². The van der Waals surface area contributed by atoms with Gasteiger partial charge in [0.05, 0.1) is 5.56 Å². The molecule has 1 heterocycles. The molecule has 26 heavy (non-hydrogen) atoms. The second-order valence-electron chi connectivity index (χ2n) is 6.33. The van der Waals surface area contributed by atoms with Gasteiger partial charge < -0.3 is 11.1 Å². The first-order valence-corrected chi connectivity index (χ1v) is 8.63. The Balaban J connectivity index is 1.61. The van der Waals surface area contributed by atoms with Crippen molar-refractivity contribution >= 4 is 11.6 Å². The predicted octanol–water partition coefficient (Wildman–Crippen LogP) is 3.95. The summed E-state index contributed by atoms with van der Waals surface area (Å²) in [7, 11) is 0. The van der Waals surface area contributed by atoms with Gasteiger partial charge in [0.15, 0.2) is 5.96 Å². The number of guanidine groups is 1. The molecule has 0 radical (unpaired) electrons. The number of nitrogens with two attached hydrogens (primary N) is 1. The first-order chi connectivity index (χ1) is 12.4. The minimum Gasteiger partial charge on any atom is -0.370 e. The van der Waals surface area contributed by atoms with Crippen LogP contribution in [-0.2, 0) is 25.4 Å². The molecule has 2 aromatic rings. The number of hydrogen-bond acceptors (Lipinski definition) is 2. The Morgan fingerprint density at radius 1 is 1.19 bits per heavy atom. The third-order valence-electron chi connectivity index (χ3n) is 4.45. The molecule has 4 nitrogen and oxygen atoms in total. The maximum Gasteiger partial charge on any atom is 0.416 e. The lowest BCUT2D eigenvalue weighted by atomic mass is 9.90. The van der Waals surface area contributed by atoms with Crippen molar-refractivity contribution in [2.24, 2.45) is 10.7 Å². The lowest BCUT2D eigenvalue weighted by Crippen LogP contribution is -2.24. The fourth-order valence-corrected chi connectivity index (χ4v) is 3.16. The minimum absolute atomic E-state index is 0.260. The molecule has 1 aliphatic rings. The van der Waals surface area contributed by atoms with Crippen LogP contribution in [0.5, 0.6) is 0 Å². The van der Waals surface area contributed by atoms with Crippen molar-refractivity contribution in [3.8, 4) is 0 Å². The van der Waals surface area contributed by atoms with E-state index in [1.165, 1.54) is 23.7 Å². The van der Waals surface area contributed by atoms with E-state index in [9.17, 15) is 13.2 Å². The van der Waals surface area contributed by atoms with Crippen LogP contribution in [0.25, 0.3) is 0 Å². The van der Waals surface area contributed by atoms with E-state index in [0.29, 0.717) is 12.1 Å². The number of aryl methyl sites for hydroxylation is 1. The number of benzene rings is 1. The van der Waals surface area contributed by atoms with Crippen LogP contribution in [0.4, 0.5) is 18.9 Å². The molecule has 3 N–H and O–H groups in total. The van der Waals surface area contributed by atoms with Gasteiger partial charge in [-0.1, -0.05) is 12.1 Å². The highest BCUT2D eigenvalue weighted by Gasteiger charge is 2.30. The van der Waals surface area contributed by atoms with Crippen LogP contribution in [0.3, 0.4) is 0 Å². The Labute approximate surface area is 150 Å². The van der Waals surface area contributed by atoms with Gasteiger partial charge in [-0.05, 0) is 55.0 Å². The summed E-state index contributed by atoms with van der Waals surface area (Å²) >= 11 is 0. The molecule has 0 atom stereocenters. The van der Waals surface area contributed by atoms with E-state index in [1.54, 1.807) is 0 Å². The highest BCUT2D eigenvalue weighted by molar-refractivity contribution is 5.93. The van der Waals surface area contributed by atoms with Gasteiger partial charge in [0.25, 0.3) is 0 Å². The molecule has 0 aliphatic heterocycles. The van der Waals surface area contributed by atoms with Crippen molar-refractivity contribution in [3.05, 3.63) is 58.9 Å². The molecule has 0 saturated carbocycles. The van der Waals surface area contributed by atoms with Crippen LogP contribution in [-0.4, -0.2) is 17.5 Å². The second-order valence-corrected chi connectivity index (χ2v) is 6.33. The van der Waals surface area contributed by atoms with Gasteiger partial charge in [0.2, 0.25) is 0 Å². The van der Waals surface area contributed by atoms with E-state index in [1.807, 2.05) is 12.1 Å². The third kappa shape index (κ3) is 4.53. The lowest BCUT2D eigenvalue weighted by Gasteiger charge is -2.19. The molecule has 3 rings (SSSR count). The van der Waals surface area contributed by atoms with Crippen molar-refractivity contribution in [1.29, 1.82) is 0 Å². The van der Waals surface area contributed by atoms with Gasteiger partial charge in [0.1, 0.15) is 0 Å². The topological polar surface area (TPSA) is 63.3 Å². The van der Waals surface area contributed by atoms with Crippen LogP contribution in [0.2, 0.25) is 0 Å². The van der Waals surface area contributed by atoms with E-state index in [0.717, 1.165) is 37.1 Å². The molecule has 0 amide bonds. The van der Waals surface area contributed by atoms with Crippen molar-refractivity contribution in [1.82, 2.24) is 4.98 Å². The van der Waals surface area contributed by atoms with Crippen LogP contribution >= 0.6 is 0 Å². The number of nitrogens with one attached hydrogen (secondary N) is 1. The third-order valence-corrected chi connectivity index (χ3v) is 4.45. The van der Waals surface area contributed by atoms with E-state index in [-0.39, 0.29) is 12.5 Å². The fourth-order valence-electron chi connectivity index (χ4n) is 3.16. The van der Waals surface area contributed by atoms with Crippen molar-refractivity contribution in [3.63, 3.8) is 0 Å². The highest BCUT2D eigenvalue weighted by atomic mass is 19.4. The van der Waals surface area contributed by atoms with Gasteiger partial charge in [-0.3, -0.25) is 9.98 Å². The zero-order chi connectivity index (χ0) is 18.6. The number of alkyl halides is 3. The average molecular weight is 362 g/mol. The lowest BCUT2D eigenvalue weighted by molar-refractivity contribution is -0.137. The fraction of sp³-hybridized carbons (Fsp3) is 0.368. The molecular formula is C19H21F3N4. The van der Waals surface area contributed by atoms with Gasteiger partial charge in [-0.15, -0.1) is 0 Å². The molecular weight excluding hydrogens is 341 g/mol. The maximum absolute atomic E-state index is 12.7. The number of fused-ring (bicyclic) bond motifs is 1. The van der Waals surface area contributed by atoms with Gasteiger partial charge in [0, 0.05) is 30.5 Å². The quantitative estimate of drug-likeness (QED) is 0.639. The first kappa shape index (κ1) is 18.2. The molecule has 138 valence electrons. The minimum atomic E-state index is -4.37. The van der Waals surface area contributed by atoms with E-state index < -0.39 is 11.7 Å². The Bertz CT molecular complexity index is 800. The van der Waals surface area contributed by atoms with Gasteiger partial charge in [-0.2, -0.15) is 13.2 Å². The molecule has 0 spiro atoms. The number of hydrogen-bond donors (Lipinski definition) is 2. The summed E-state index contributed by atoms with van der Waals surface area (Å²) in [5, 5.41) is 3.12. The maximum atomic E-state index is 12.7. The van der Waals surface area contributed by atoms with E-state index >= 15 is 0 Å². The Hall–Kier alpha value is -2.57. The molecule has 1 aromatic heterocycles. The summed E-state index contributed by atoms with van der Waals surface area (Å²) in [5.74, 6) is 0.260. The van der Waals surface area contributed by atoms with E-state index in [4.69, 9.17) is 5.73 Å². The number of halogens is 3. The second kappa shape index (κ2) is 7.76. The summed E-state index contributed by atoms with van der Waals surface area (Å²) in [6, 6.07) is 8.10. The summed E-state index contributed by atoms with van der Waals surface area (Å²) < 4.78 is 38.1. The molecule has 0 saturated heterocycles. The molecule has 1 aromatic carbocycles. The molecule has 0 bridgehead atoms. The van der Waals surface area contributed by atoms with Crippen molar-refractivity contribution in [2.45, 2.75) is 38.3 Å². The largest absolute Gasteiger partial charge is 0.416 e. The first-order valence-electron chi connectivity index (χ1n) is 8.63. The number of aromatic nitrogens is 1. The Morgan fingerprint density at radius 2 is 2.00 bits per heavy atom. The Kier molecular flexibility index (Phi) is 5.44. The molecule has 1 aliphatic carbocycles. The van der Waals surface area contributed by atoms with Gasteiger partial charge in [-0.25, -0.2) is 0 Å².